The number of para-hydroxylation sites is 1. The van der Waals surface area contributed by atoms with Crippen LogP contribution in [0.2, 0.25) is 0 Å². The molecule has 2 aromatic carbocycles. The Morgan fingerprint density at radius 1 is 0.909 bits per heavy atom. The molecular formula is C26H20FN5O. The molecule has 0 atom stereocenters. The van der Waals surface area contributed by atoms with Crippen molar-refractivity contribution in [2.24, 2.45) is 0 Å². The Morgan fingerprint density at radius 3 is 2.52 bits per heavy atom. The third kappa shape index (κ3) is 4.34. The first-order valence-electron chi connectivity index (χ1n) is 10.5. The maximum absolute atomic E-state index is 13.4. The zero-order valence-electron chi connectivity index (χ0n) is 17.6. The highest BCUT2D eigenvalue weighted by atomic mass is 19.1. The minimum absolute atomic E-state index is 0.181. The van der Waals surface area contributed by atoms with Crippen LogP contribution in [0.1, 0.15) is 10.4 Å². The van der Waals surface area contributed by atoms with E-state index in [1.165, 1.54) is 12.1 Å². The van der Waals surface area contributed by atoms with Gasteiger partial charge in [-0.05, 0) is 54.1 Å². The van der Waals surface area contributed by atoms with Crippen LogP contribution in [-0.4, -0.2) is 32.2 Å². The average molecular weight is 437 g/mol. The predicted molar refractivity (Wildman–Crippen MR) is 125 cm³/mol. The molecule has 162 valence electrons. The van der Waals surface area contributed by atoms with Gasteiger partial charge in [-0.15, -0.1) is 0 Å². The van der Waals surface area contributed by atoms with E-state index in [1.54, 1.807) is 41.5 Å². The van der Waals surface area contributed by atoms with Gasteiger partial charge < -0.3 is 5.32 Å². The summed E-state index contributed by atoms with van der Waals surface area (Å²) >= 11 is 0. The van der Waals surface area contributed by atoms with Gasteiger partial charge in [-0.3, -0.25) is 19.4 Å². The van der Waals surface area contributed by atoms with E-state index in [9.17, 15) is 9.18 Å². The van der Waals surface area contributed by atoms with Gasteiger partial charge in [0.25, 0.3) is 5.91 Å². The number of nitrogens with zero attached hydrogens (tertiary/aromatic N) is 4. The second-order valence-electron chi connectivity index (χ2n) is 7.53. The Kier molecular flexibility index (Phi) is 5.59. The average Bonchev–Trinajstić information content (AvgIpc) is 3.29. The van der Waals surface area contributed by atoms with Crippen LogP contribution in [0.25, 0.3) is 33.3 Å². The minimum atomic E-state index is -0.297. The quantitative estimate of drug-likeness (QED) is 0.417. The third-order valence-electron chi connectivity index (χ3n) is 5.37. The molecule has 1 N–H and O–H groups in total. The Hall–Kier alpha value is -4.39. The van der Waals surface area contributed by atoms with E-state index in [-0.39, 0.29) is 11.7 Å². The van der Waals surface area contributed by atoms with Crippen molar-refractivity contribution in [1.29, 1.82) is 0 Å². The number of rotatable bonds is 6. The largest absolute Gasteiger partial charge is 0.350 e. The smallest absolute Gasteiger partial charge is 0.253 e. The van der Waals surface area contributed by atoms with Crippen molar-refractivity contribution < 1.29 is 9.18 Å². The molecule has 0 saturated carbocycles. The highest BCUT2D eigenvalue weighted by Gasteiger charge is 2.14. The molecule has 0 aliphatic heterocycles. The summed E-state index contributed by atoms with van der Waals surface area (Å²) in [5.74, 6) is -0.478. The Morgan fingerprint density at radius 2 is 1.70 bits per heavy atom. The summed E-state index contributed by atoms with van der Waals surface area (Å²) in [4.78, 5) is 21.2. The van der Waals surface area contributed by atoms with Gasteiger partial charge in [0, 0.05) is 47.8 Å². The number of hydrogen-bond donors (Lipinski definition) is 1. The van der Waals surface area contributed by atoms with E-state index in [1.807, 2.05) is 42.6 Å². The van der Waals surface area contributed by atoms with E-state index in [4.69, 9.17) is 5.10 Å². The Labute approximate surface area is 189 Å². The summed E-state index contributed by atoms with van der Waals surface area (Å²) in [5.41, 5.74) is 4.64. The molecule has 3 heterocycles. The molecule has 0 fully saturated rings. The molecule has 0 spiro atoms. The highest BCUT2D eigenvalue weighted by Crippen LogP contribution is 2.30. The van der Waals surface area contributed by atoms with Crippen LogP contribution in [0.3, 0.4) is 0 Å². The van der Waals surface area contributed by atoms with Crippen molar-refractivity contribution in [3.63, 3.8) is 0 Å². The lowest BCUT2D eigenvalue weighted by Gasteiger charge is -2.07. The zero-order valence-corrected chi connectivity index (χ0v) is 17.6. The Balaban J connectivity index is 1.36. The van der Waals surface area contributed by atoms with Crippen LogP contribution >= 0.6 is 0 Å². The molecule has 0 radical (unpaired) electrons. The van der Waals surface area contributed by atoms with E-state index in [0.29, 0.717) is 24.2 Å². The van der Waals surface area contributed by atoms with E-state index in [2.05, 4.69) is 15.3 Å². The fourth-order valence-electron chi connectivity index (χ4n) is 3.77. The van der Waals surface area contributed by atoms with Crippen molar-refractivity contribution >= 4 is 16.8 Å². The van der Waals surface area contributed by atoms with E-state index in [0.717, 1.165) is 27.8 Å². The number of hydrogen-bond acceptors (Lipinski definition) is 4. The molecule has 7 heteroatoms. The fourth-order valence-corrected chi connectivity index (χ4v) is 3.77. The lowest BCUT2D eigenvalue weighted by atomic mass is 10.0. The summed E-state index contributed by atoms with van der Waals surface area (Å²) < 4.78 is 15.2. The molecule has 0 bridgehead atoms. The molecule has 0 saturated heterocycles. The van der Waals surface area contributed by atoms with Crippen LogP contribution in [0, 0.1) is 5.82 Å². The minimum Gasteiger partial charge on any atom is -0.350 e. The predicted octanol–water partition coefficient (Wildman–Crippen LogP) is 4.73. The Bertz CT molecular complexity index is 1410. The monoisotopic (exact) mass is 437 g/mol. The standard InChI is InChI=1S/C26H20FN5O/c27-21-8-6-20(7-9-21)25-23(18-10-13-28-14-11-18)17-32(31-25)16-15-30-26(33)22-5-1-3-19-4-2-12-29-24(19)22/h1-14,17H,15-16H2,(H,30,33). The SMILES string of the molecule is O=C(NCCn1cc(-c2ccncc2)c(-c2ccc(F)cc2)n1)c1cccc2cccnc12. The summed E-state index contributed by atoms with van der Waals surface area (Å²) in [7, 11) is 0. The number of fused-ring (bicyclic) bond motifs is 1. The third-order valence-corrected chi connectivity index (χ3v) is 5.37. The summed E-state index contributed by atoms with van der Waals surface area (Å²) in [6.07, 6.45) is 7.05. The van der Waals surface area contributed by atoms with Crippen LogP contribution in [0.15, 0.2) is 91.5 Å². The van der Waals surface area contributed by atoms with Crippen molar-refractivity contribution in [1.82, 2.24) is 25.1 Å². The number of aromatic nitrogens is 4. The summed E-state index contributed by atoms with van der Waals surface area (Å²) in [6, 6.07) is 19.4. The first kappa shape index (κ1) is 20.5. The number of carbonyl (C=O) groups excluding carboxylic acids is 1. The lowest BCUT2D eigenvalue weighted by molar-refractivity contribution is 0.0953. The van der Waals surface area contributed by atoms with Crippen molar-refractivity contribution in [2.75, 3.05) is 6.54 Å². The molecule has 3 aromatic heterocycles. The molecular weight excluding hydrogens is 417 g/mol. The van der Waals surface area contributed by atoms with Gasteiger partial charge in [0.15, 0.2) is 0 Å². The van der Waals surface area contributed by atoms with Crippen LogP contribution in [-0.2, 0) is 6.54 Å². The maximum atomic E-state index is 13.4. The summed E-state index contributed by atoms with van der Waals surface area (Å²) in [6.45, 7) is 0.867. The second kappa shape index (κ2) is 9.00. The van der Waals surface area contributed by atoms with Crippen molar-refractivity contribution in [3.05, 3.63) is 103 Å². The highest BCUT2D eigenvalue weighted by molar-refractivity contribution is 6.05. The van der Waals surface area contributed by atoms with Crippen molar-refractivity contribution in [2.45, 2.75) is 6.54 Å². The van der Waals surface area contributed by atoms with E-state index >= 15 is 0 Å². The number of carbonyl (C=O) groups is 1. The van der Waals surface area contributed by atoms with Crippen LogP contribution < -0.4 is 5.32 Å². The fraction of sp³-hybridized carbons (Fsp3) is 0.0769. The van der Waals surface area contributed by atoms with Gasteiger partial charge in [-0.25, -0.2) is 4.39 Å². The number of halogens is 1. The molecule has 0 unspecified atom stereocenters. The van der Waals surface area contributed by atoms with Gasteiger partial charge in [-0.1, -0.05) is 18.2 Å². The maximum Gasteiger partial charge on any atom is 0.253 e. The van der Waals surface area contributed by atoms with Gasteiger partial charge in [0.1, 0.15) is 11.5 Å². The first-order valence-corrected chi connectivity index (χ1v) is 10.5. The van der Waals surface area contributed by atoms with Gasteiger partial charge in [0.05, 0.1) is 17.6 Å². The van der Waals surface area contributed by atoms with Crippen LogP contribution in [0.4, 0.5) is 4.39 Å². The van der Waals surface area contributed by atoms with Crippen LogP contribution in [0.5, 0.6) is 0 Å². The van der Waals surface area contributed by atoms with Gasteiger partial charge in [-0.2, -0.15) is 5.10 Å². The zero-order chi connectivity index (χ0) is 22.6. The number of amides is 1. The molecule has 5 aromatic rings. The molecule has 33 heavy (non-hydrogen) atoms. The second-order valence-corrected chi connectivity index (χ2v) is 7.53. The van der Waals surface area contributed by atoms with Crippen molar-refractivity contribution in [3.8, 4) is 22.4 Å². The molecule has 0 aliphatic rings. The molecule has 6 nitrogen and oxygen atoms in total. The number of pyridine rings is 2. The first-order chi connectivity index (χ1) is 16.2. The van der Waals surface area contributed by atoms with Gasteiger partial charge >= 0.3 is 0 Å². The molecule has 0 aliphatic carbocycles. The molecule has 1 amide bonds. The molecule has 5 rings (SSSR count). The lowest BCUT2D eigenvalue weighted by Crippen LogP contribution is -2.27. The summed E-state index contributed by atoms with van der Waals surface area (Å²) in [5, 5.41) is 8.59. The van der Waals surface area contributed by atoms with E-state index < -0.39 is 0 Å². The number of benzene rings is 2. The topological polar surface area (TPSA) is 72.7 Å². The van der Waals surface area contributed by atoms with Gasteiger partial charge in [0.2, 0.25) is 0 Å². The normalized spacial score (nSPS) is 10.9. The number of nitrogens with one attached hydrogen (secondary N) is 1.